The zero-order valence-electron chi connectivity index (χ0n) is 12.8. The summed E-state index contributed by atoms with van der Waals surface area (Å²) < 4.78 is 0. The molecular weight excluding hydrogens is 286 g/mol. The van der Waals surface area contributed by atoms with Gasteiger partial charge in [0.25, 0.3) is 0 Å². The molecule has 0 bridgehead atoms. The normalized spacial score (nSPS) is 17.5. The van der Waals surface area contributed by atoms with Crippen molar-refractivity contribution < 1.29 is 5.11 Å². The number of aromatic hydroxyl groups is 1. The van der Waals surface area contributed by atoms with Crippen LogP contribution in [0.2, 0.25) is 0 Å². The standard InChI is InChI=1S/C19H19N3O/c23-19-8-4-2-6-15(19)18-11-17(21-13-9-10-20-12-13)14-5-1-3-7-16(14)22-18/h1-8,11,13,20,23H,9-10,12H2,(H,21,22)/t13-/m0/s1. The molecule has 1 aliphatic rings. The molecule has 0 aliphatic carbocycles. The van der Waals surface area contributed by atoms with Gasteiger partial charge in [-0.15, -0.1) is 0 Å². The second-order valence-electron chi connectivity index (χ2n) is 5.92. The summed E-state index contributed by atoms with van der Waals surface area (Å²) in [5.74, 6) is 0.253. The van der Waals surface area contributed by atoms with Crippen LogP contribution < -0.4 is 10.6 Å². The molecule has 23 heavy (non-hydrogen) atoms. The van der Waals surface area contributed by atoms with Crippen molar-refractivity contribution in [2.45, 2.75) is 12.5 Å². The van der Waals surface area contributed by atoms with Gasteiger partial charge in [-0.1, -0.05) is 30.3 Å². The molecule has 1 aliphatic heterocycles. The van der Waals surface area contributed by atoms with E-state index in [1.807, 2.05) is 42.5 Å². The molecule has 3 aromatic rings. The predicted octanol–water partition coefficient (Wildman–Crippen LogP) is 3.38. The second kappa shape index (κ2) is 5.89. The lowest BCUT2D eigenvalue weighted by molar-refractivity contribution is 0.477. The first-order valence-corrected chi connectivity index (χ1v) is 7.97. The van der Waals surface area contributed by atoms with E-state index < -0.39 is 0 Å². The maximum Gasteiger partial charge on any atom is 0.124 e. The van der Waals surface area contributed by atoms with Gasteiger partial charge in [-0.25, -0.2) is 4.98 Å². The minimum Gasteiger partial charge on any atom is -0.507 e. The number of phenols is 1. The van der Waals surface area contributed by atoms with Crippen LogP contribution >= 0.6 is 0 Å². The molecule has 0 amide bonds. The highest BCUT2D eigenvalue weighted by molar-refractivity contribution is 5.94. The van der Waals surface area contributed by atoms with Crippen LogP contribution in [0.5, 0.6) is 5.75 Å². The Morgan fingerprint density at radius 1 is 1.09 bits per heavy atom. The largest absolute Gasteiger partial charge is 0.507 e. The zero-order valence-corrected chi connectivity index (χ0v) is 12.8. The fourth-order valence-corrected chi connectivity index (χ4v) is 3.12. The molecule has 1 saturated heterocycles. The maximum atomic E-state index is 10.1. The van der Waals surface area contributed by atoms with Crippen LogP contribution in [0, 0.1) is 0 Å². The maximum absolute atomic E-state index is 10.1. The van der Waals surface area contributed by atoms with Crippen molar-refractivity contribution in [2.24, 2.45) is 0 Å². The van der Waals surface area contributed by atoms with Crippen molar-refractivity contribution in [3.05, 3.63) is 54.6 Å². The zero-order chi connectivity index (χ0) is 15.6. The molecule has 1 fully saturated rings. The molecule has 2 aromatic carbocycles. The number of nitrogens with one attached hydrogen (secondary N) is 2. The number of fused-ring (bicyclic) bond motifs is 1. The van der Waals surface area contributed by atoms with E-state index in [9.17, 15) is 5.11 Å². The van der Waals surface area contributed by atoms with Gasteiger partial charge in [-0.2, -0.15) is 0 Å². The summed E-state index contributed by atoms with van der Waals surface area (Å²) in [6, 6.07) is 17.9. The molecule has 0 saturated carbocycles. The van der Waals surface area contributed by atoms with Crippen molar-refractivity contribution in [3.8, 4) is 17.0 Å². The van der Waals surface area contributed by atoms with Crippen LogP contribution in [0.1, 0.15) is 6.42 Å². The van der Waals surface area contributed by atoms with E-state index in [0.717, 1.165) is 47.4 Å². The van der Waals surface area contributed by atoms with Crippen LogP contribution in [0.4, 0.5) is 5.69 Å². The minimum atomic E-state index is 0.253. The van der Waals surface area contributed by atoms with Crippen molar-refractivity contribution in [1.82, 2.24) is 10.3 Å². The molecule has 0 radical (unpaired) electrons. The number of phenolic OH excluding ortho intramolecular Hbond substituents is 1. The first-order valence-electron chi connectivity index (χ1n) is 7.97. The summed E-state index contributed by atoms with van der Waals surface area (Å²) >= 11 is 0. The summed E-state index contributed by atoms with van der Waals surface area (Å²) in [5.41, 5.74) is 3.55. The molecule has 0 spiro atoms. The minimum absolute atomic E-state index is 0.253. The molecule has 4 nitrogen and oxygen atoms in total. The van der Waals surface area contributed by atoms with Gasteiger partial charge in [0.2, 0.25) is 0 Å². The van der Waals surface area contributed by atoms with Crippen molar-refractivity contribution in [1.29, 1.82) is 0 Å². The van der Waals surface area contributed by atoms with Crippen LogP contribution in [0.25, 0.3) is 22.2 Å². The van der Waals surface area contributed by atoms with Crippen LogP contribution in [0.15, 0.2) is 54.6 Å². The summed E-state index contributed by atoms with van der Waals surface area (Å²) in [5, 5.41) is 18.3. The van der Waals surface area contributed by atoms with E-state index >= 15 is 0 Å². The molecule has 4 heteroatoms. The number of nitrogens with zero attached hydrogens (tertiary/aromatic N) is 1. The Bertz CT molecular complexity index is 841. The van der Waals surface area contributed by atoms with Gasteiger partial charge >= 0.3 is 0 Å². The lowest BCUT2D eigenvalue weighted by Gasteiger charge is -2.16. The third kappa shape index (κ3) is 2.73. The molecule has 4 rings (SSSR count). The smallest absolute Gasteiger partial charge is 0.124 e. The van der Waals surface area contributed by atoms with E-state index in [4.69, 9.17) is 4.98 Å². The lowest BCUT2D eigenvalue weighted by Crippen LogP contribution is -2.22. The van der Waals surface area contributed by atoms with E-state index in [1.54, 1.807) is 6.07 Å². The molecule has 0 unspecified atom stereocenters. The number of hydrogen-bond acceptors (Lipinski definition) is 4. The Labute approximate surface area is 135 Å². The Morgan fingerprint density at radius 2 is 1.91 bits per heavy atom. The van der Waals surface area contributed by atoms with Crippen LogP contribution in [-0.2, 0) is 0 Å². The number of anilines is 1. The van der Waals surface area contributed by atoms with Crippen LogP contribution in [0.3, 0.4) is 0 Å². The van der Waals surface area contributed by atoms with Crippen molar-refractivity contribution in [3.63, 3.8) is 0 Å². The number of pyridine rings is 1. The topological polar surface area (TPSA) is 57.2 Å². The van der Waals surface area contributed by atoms with E-state index in [1.165, 1.54) is 0 Å². The molecule has 1 atom stereocenters. The molecule has 116 valence electrons. The van der Waals surface area contributed by atoms with E-state index in [2.05, 4.69) is 16.7 Å². The fraction of sp³-hybridized carbons (Fsp3) is 0.211. The van der Waals surface area contributed by atoms with Gasteiger partial charge in [-0.05, 0) is 37.2 Å². The highest BCUT2D eigenvalue weighted by Crippen LogP contribution is 2.33. The summed E-state index contributed by atoms with van der Waals surface area (Å²) in [4.78, 5) is 4.73. The van der Waals surface area contributed by atoms with E-state index in [-0.39, 0.29) is 5.75 Å². The molecular formula is C19H19N3O. The van der Waals surface area contributed by atoms with Gasteiger partial charge in [-0.3, -0.25) is 0 Å². The third-order valence-electron chi connectivity index (χ3n) is 4.32. The molecule has 1 aromatic heterocycles. The monoisotopic (exact) mass is 305 g/mol. The first-order chi connectivity index (χ1) is 11.3. The third-order valence-corrected chi connectivity index (χ3v) is 4.32. The number of aromatic nitrogens is 1. The van der Waals surface area contributed by atoms with Crippen LogP contribution in [-0.4, -0.2) is 29.2 Å². The Kier molecular flexibility index (Phi) is 3.60. The number of rotatable bonds is 3. The quantitative estimate of drug-likeness (QED) is 0.694. The number of hydrogen-bond donors (Lipinski definition) is 3. The van der Waals surface area contributed by atoms with Gasteiger partial charge in [0, 0.05) is 29.2 Å². The van der Waals surface area contributed by atoms with Gasteiger partial charge in [0.05, 0.1) is 11.2 Å². The fourth-order valence-electron chi connectivity index (χ4n) is 3.12. The van der Waals surface area contributed by atoms with Gasteiger partial charge < -0.3 is 15.7 Å². The molecule has 2 heterocycles. The highest BCUT2D eigenvalue weighted by Gasteiger charge is 2.16. The van der Waals surface area contributed by atoms with Crippen molar-refractivity contribution >= 4 is 16.6 Å². The number of benzene rings is 2. The van der Waals surface area contributed by atoms with E-state index in [0.29, 0.717) is 6.04 Å². The first kappa shape index (κ1) is 14.0. The Hall–Kier alpha value is -2.59. The van der Waals surface area contributed by atoms with Gasteiger partial charge in [0.15, 0.2) is 0 Å². The van der Waals surface area contributed by atoms with Crippen molar-refractivity contribution in [2.75, 3.05) is 18.4 Å². The highest BCUT2D eigenvalue weighted by atomic mass is 16.3. The second-order valence-corrected chi connectivity index (χ2v) is 5.92. The SMILES string of the molecule is Oc1ccccc1-c1cc(N[C@H]2CCNC2)c2ccccc2n1. The lowest BCUT2D eigenvalue weighted by atomic mass is 10.1. The average Bonchev–Trinajstić information content (AvgIpc) is 3.08. The summed E-state index contributed by atoms with van der Waals surface area (Å²) in [7, 11) is 0. The Balaban J connectivity index is 1.84. The molecule has 3 N–H and O–H groups in total. The average molecular weight is 305 g/mol. The van der Waals surface area contributed by atoms with Gasteiger partial charge in [0.1, 0.15) is 5.75 Å². The summed E-state index contributed by atoms with van der Waals surface area (Å²) in [6.07, 6.45) is 1.11. The predicted molar refractivity (Wildman–Crippen MR) is 93.7 cm³/mol. The Morgan fingerprint density at radius 3 is 2.74 bits per heavy atom. The summed E-state index contributed by atoms with van der Waals surface area (Å²) in [6.45, 7) is 2.02. The number of para-hydroxylation sites is 2.